The Kier molecular flexibility index (Phi) is 1.77. The molecule has 0 aliphatic carbocycles. The smallest absolute Gasteiger partial charge is 0.200 e. The fourth-order valence-corrected chi connectivity index (χ4v) is 1.77. The van der Waals surface area contributed by atoms with Crippen LogP contribution >= 0.6 is 0 Å². The van der Waals surface area contributed by atoms with Gasteiger partial charge in [-0.15, -0.1) is 0 Å². The first-order valence-electron chi connectivity index (χ1n) is 4.27. The molecule has 0 bridgehead atoms. The van der Waals surface area contributed by atoms with Crippen LogP contribution in [0.3, 0.4) is 0 Å². The Bertz CT molecular complexity index is 293. The second kappa shape index (κ2) is 2.79. The molecule has 1 aromatic rings. The number of hydrogen-bond acceptors (Lipinski definition) is 3. The molecule has 0 unspecified atom stereocenters. The minimum absolute atomic E-state index is 0.00648. The van der Waals surface area contributed by atoms with Crippen LogP contribution in [0, 0.1) is 0 Å². The first-order chi connectivity index (χ1) is 5.83. The minimum Gasteiger partial charge on any atom is -0.390 e. The number of nitrogens with two attached hydrogens (primary N) is 1. The zero-order valence-corrected chi connectivity index (χ0v) is 6.95. The second-order valence-corrected chi connectivity index (χ2v) is 3.13. The lowest BCUT2D eigenvalue weighted by molar-refractivity contribution is 0.275. The zero-order chi connectivity index (χ0) is 8.55. The molecule has 0 saturated carbocycles. The monoisotopic (exact) mass is 167 g/mol. The van der Waals surface area contributed by atoms with Gasteiger partial charge in [0.1, 0.15) is 0 Å². The van der Waals surface area contributed by atoms with Gasteiger partial charge in [-0.3, -0.25) is 0 Å². The highest BCUT2D eigenvalue weighted by Gasteiger charge is 2.17. The van der Waals surface area contributed by atoms with E-state index < -0.39 is 0 Å². The van der Waals surface area contributed by atoms with Crippen molar-refractivity contribution in [2.75, 3.05) is 5.73 Å². The maximum absolute atomic E-state index is 8.98. The van der Waals surface area contributed by atoms with Crippen LogP contribution in [0.5, 0.6) is 0 Å². The number of anilines is 1. The van der Waals surface area contributed by atoms with Crippen molar-refractivity contribution in [2.45, 2.75) is 32.4 Å². The number of aromatic nitrogens is 2. The van der Waals surface area contributed by atoms with E-state index in [-0.39, 0.29) is 6.61 Å². The summed E-state index contributed by atoms with van der Waals surface area (Å²) in [5.41, 5.74) is 7.56. The lowest BCUT2D eigenvalue weighted by Crippen LogP contribution is -2.12. The highest BCUT2D eigenvalue weighted by Crippen LogP contribution is 2.21. The molecule has 2 heterocycles. The molecule has 2 rings (SSSR count). The molecule has 1 aromatic heterocycles. The molecule has 12 heavy (non-hydrogen) atoms. The molecule has 4 nitrogen and oxygen atoms in total. The first-order valence-corrected chi connectivity index (χ1v) is 4.27. The van der Waals surface area contributed by atoms with Crippen LogP contribution < -0.4 is 5.73 Å². The van der Waals surface area contributed by atoms with E-state index in [4.69, 9.17) is 10.8 Å². The van der Waals surface area contributed by atoms with Crippen LogP contribution in [-0.4, -0.2) is 14.7 Å². The van der Waals surface area contributed by atoms with Crippen LogP contribution in [0.1, 0.15) is 24.2 Å². The van der Waals surface area contributed by atoms with Gasteiger partial charge in [-0.05, 0) is 19.3 Å². The maximum atomic E-state index is 8.98. The van der Waals surface area contributed by atoms with Gasteiger partial charge in [0.2, 0.25) is 5.95 Å². The molecule has 1 aliphatic rings. The number of imidazole rings is 1. The summed E-state index contributed by atoms with van der Waals surface area (Å²) in [6, 6.07) is 0. The Morgan fingerprint density at radius 3 is 3.08 bits per heavy atom. The quantitative estimate of drug-likeness (QED) is 0.632. The highest BCUT2D eigenvalue weighted by atomic mass is 16.3. The number of aliphatic hydroxyl groups excluding tert-OH is 1. The topological polar surface area (TPSA) is 64.1 Å². The van der Waals surface area contributed by atoms with Crippen LogP contribution in [0.2, 0.25) is 0 Å². The predicted octanol–water partition coefficient (Wildman–Crippen LogP) is 0.294. The number of rotatable bonds is 1. The summed E-state index contributed by atoms with van der Waals surface area (Å²) in [4.78, 5) is 4.10. The Morgan fingerprint density at radius 1 is 1.50 bits per heavy atom. The van der Waals surface area contributed by atoms with Gasteiger partial charge in [-0.1, -0.05) is 0 Å². The van der Waals surface area contributed by atoms with Gasteiger partial charge in [-0.2, -0.15) is 0 Å². The third-order valence-corrected chi connectivity index (χ3v) is 2.38. The van der Waals surface area contributed by atoms with Gasteiger partial charge < -0.3 is 15.4 Å². The lowest BCUT2D eigenvalue weighted by atomic mass is 10.1. The third-order valence-electron chi connectivity index (χ3n) is 2.38. The highest BCUT2D eigenvalue weighted by molar-refractivity contribution is 5.30. The first kappa shape index (κ1) is 7.61. The molecule has 4 heteroatoms. The normalized spacial score (nSPS) is 16.1. The van der Waals surface area contributed by atoms with Crippen molar-refractivity contribution >= 4 is 5.95 Å². The van der Waals surface area contributed by atoms with Crippen molar-refractivity contribution in [2.24, 2.45) is 0 Å². The zero-order valence-electron chi connectivity index (χ0n) is 6.95. The van der Waals surface area contributed by atoms with E-state index in [2.05, 4.69) is 4.98 Å². The van der Waals surface area contributed by atoms with E-state index in [1.165, 1.54) is 12.8 Å². The summed E-state index contributed by atoms with van der Waals surface area (Å²) in [6.07, 6.45) is 3.34. The van der Waals surface area contributed by atoms with Gasteiger partial charge in [0.05, 0.1) is 12.3 Å². The SMILES string of the molecule is Nc1nc(CO)c2n1CCCC2. The third kappa shape index (κ3) is 0.992. The fourth-order valence-electron chi connectivity index (χ4n) is 1.77. The Balaban J connectivity index is 2.47. The molecule has 0 radical (unpaired) electrons. The summed E-state index contributed by atoms with van der Waals surface area (Å²) in [7, 11) is 0. The minimum atomic E-state index is 0.00648. The van der Waals surface area contributed by atoms with E-state index in [0.717, 1.165) is 24.4 Å². The Morgan fingerprint density at radius 2 is 2.33 bits per heavy atom. The summed E-state index contributed by atoms with van der Waals surface area (Å²) in [6.45, 7) is 0.959. The van der Waals surface area contributed by atoms with Crippen LogP contribution in [0.25, 0.3) is 0 Å². The maximum Gasteiger partial charge on any atom is 0.200 e. The molecule has 0 saturated heterocycles. The van der Waals surface area contributed by atoms with Crippen LogP contribution in [0.15, 0.2) is 0 Å². The van der Waals surface area contributed by atoms with Crippen molar-refractivity contribution in [1.29, 1.82) is 0 Å². The summed E-state index contributed by atoms with van der Waals surface area (Å²) < 4.78 is 2.01. The van der Waals surface area contributed by atoms with Crippen molar-refractivity contribution < 1.29 is 5.11 Å². The molecule has 66 valence electrons. The number of fused-ring (bicyclic) bond motifs is 1. The van der Waals surface area contributed by atoms with Gasteiger partial charge in [-0.25, -0.2) is 4.98 Å². The number of nitrogens with zero attached hydrogens (tertiary/aromatic N) is 2. The van der Waals surface area contributed by atoms with E-state index in [0.29, 0.717) is 5.95 Å². The average molecular weight is 167 g/mol. The number of hydrogen-bond donors (Lipinski definition) is 2. The summed E-state index contributed by atoms with van der Waals surface area (Å²) in [5, 5.41) is 8.98. The predicted molar refractivity (Wildman–Crippen MR) is 45.5 cm³/mol. The van der Waals surface area contributed by atoms with Gasteiger partial charge in [0, 0.05) is 12.2 Å². The summed E-state index contributed by atoms with van der Waals surface area (Å²) in [5.74, 6) is 0.550. The summed E-state index contributed by atoms with van der Waals surface area (Å²) >= 11 is 0. The molecule has 0 aromatic carbocycles. The van der Waals surface area contributed by atoms with Crippen molar-refractivity contribution in [1.82, 2.24) is 9.55 Å². The molecule has 0 amide bonds. The van der Waals surface area contributed by atoms with E-state index in [1.54, 1.807) is 0 Å². The standard InChI is InChI=1S/C8H13N3O/c9-8-10-6(5-12)7-3-1-2-4-11(7)8/h12H,1-5H2,(H2,9,10). The van der Waals surface area contributed by atoms with E-state index in [9.17, 15) is 0 Å². The fraction of sp³-hybridized carbons (Fsp3) is 0.625. The molecule has 1 aliphatic heterocycles. The Hall–Kier alpha value is -1.03. The average Bonchev–Trinajstić information content (AvgIpc) is 2.44. The molecule has 0 fully saturated rings. The van der Waals surface area contributed by atoms with E-state index >= 15 is 0 Å². The van der Waals surface area contributed by atoms with Gasteiger partial charge in [0.15, 0.2) is 0 Å². The van der Waals surface area contributed by atoms with Gasteiger partial charge >= 0.3 is 0 Å². The van der Waals surface area contributed by atoms with Crippen molar-refractivity contribution in [3.8, 4) is 0 Å². The number of aliphatic hydroxyl groups is 1. The Labute approximate surface area is 71.0 Å². The molecule has 0 spiro atoms. The van der Waals surface area contributed by atoms with Crippen molar-refractivity contribution in [3.05, 3.63) is 11.4 Å². The van der Waals surface area contributed by atoms with Crippen LogP contribution in [0.4, 0.5) is 5.95 Å². The van der Waals surface area contributed by atoms with Crippen LogP contribution in [-0.2, 0) is 19.6 Å². The molecular weight excluding hydrogens is 154 g/mol. The molecule has 0 atom stereocenters. The molecular formula is C8H13N3O. The lowest BCUT2D eigenvalue weighted by Gasteiger charge is -2.15. The second-order valence-electron chi connectivity index (χ2n) is 3.13. The molecule has 3 N–H and O–H groups in total. The van der Waals surface area contributed by atoms with Gasteiger partial charge in [0.25, 0.3) is 0 Å². The largest absolute Gasteiger partial charge is 0.390 e. The van der Waals surface area contributed by atoms with E-state index in [1.807, 2.05) is 4.57 Å². The van der Waals surface area contributed by atoms with Crippen molar-refractivity contribution in [3.63, 3.8) is 0 Å². The number of nitrogen functional groups attached to an aromatic ring is 1.